The van der Waals surface area contributed by atoms with Gasteiger partial charge in [0.25, 0.3) is 0 Å². The van der Waals surface area contributed by atoms with Gasteiger partial charge in [0.05, 0.1) is 24.1 Å². The third-order valence-corrected chi connectivity index (χ3v) is 6.31. The van der Waals surface area contributed by atoms with E-state index in [0.29, 0.717) is 0 Å². The summed E-state index contributed by atoms with van der Waals surface area (Å²) in [4.78, 5) is 16.4. The van der Waals surface area contributed by atoms with Gasteiger partial charge in [-0.3, -0.25) is 9.69 Å². The van der Waals surface area contributed by atoms with Crippen LogP contribution in [0.25, 0.3) is 0 Å². The molecule has 0 aromatic heterocycles. The summed E-state index contributed by atoms with van der Waals surface area (Å²) in [7, 11) is -3.10. The van der Waals surface area contributed by atoms with E-state index in [-0.39, 0.29) is 42.1 Å². The Morgan fingerprint density at radius 3 is 2.27 bits per heavy atom. The molecule has 3 rings (SSSR count). The van der Waals surface area contributed by atoms with Gasteiger partial charge in [-0.1, -0.05) is 17.7 Å². The lowest BCUT2D eigenvalue weighted by molar-refractivity contribution is -0.124. The van der Waals surface area contributed by atoms with Crippen LogP contribution in [-0.4, -0.2) is 55.4 Å². The van der Waals surface area contributed by atoms with Crippen molar-refractivity contribution < 1.29 is 13.2 Å². The van der Waals surface area contributed by atoms with Crippen LogP contribution >= 0.6 is 0 Å². The number of carbonyl (C=O) groups is 1. The van der Waals surface area contributed by atoms with E-state index < -0.39 is 9.84 Å². The van der Waals surface area contributed by atoms with Crippen molar-refractivity contribution in [3.8, 4) is 0 Å². The van der Waals surface area contributed by atoms with E-state index in [0.717, 1.165) is 11.3 Å². The number of rotatable bonds is 2. The van der Waals surface area contributed by atoms with E-state index in [9.17, 15) is 13.2 Å². The maximum atomic E-state index is 12.6. The molecule has 0 bridgehead atoms. The third-order valence-electron chi connectivity index (χ3n) is 4.61. The van der Waals surface area contributed by atoms with E-state index in [1.54, 1.807) is 4.90 Å². The van der Waals surface area contributed by atoms with Gasteiger partial charge in [-0.15, -0.1) is 0 Å². The normalized spacial score (nSPS) is 28.2. The molecule has 2 saturated heterocycles. The number of carbonyl (C=O) groups excluding carboxylic acids is 1. The number of benzene rings is 1. The predicted molar refractivity (Wildman–Crippen MR) is 86.7 cm³/mol. The van der Waals surface area contributed by atoms with Gasteiger partial charge in [0.1, 0.15) is 0 Å². The maximum absolute atomic E-state index is 12.6. The molecular weight excluding hydrogens is 300 g/mol. The number of piperazine rings is 1. The van der Waals surface area contributed by atoms with Crippen molar-refractivity contribution in [2.24, 2.45) is 0 Å². The maximum Gasteiger partial charge on any atom is 0.241 e. The molecule has 1 amide bonds. The summed E-state index contributed by atoms with van der Waals surface area (Å²) < 4.78 is 24.3. The van der Waals surface area contributed by atoms with Crippen LogP contribution in [-0.2, 0) is 14.6 Å². The molecule has 2 aliphatic rings. The Balaban J connectivity index is 2.01. The Hall–Kier alpha value is -1.40. The molecule has 2 atom stereocenters. The highest BCUT2D eigenvalue weighted by Crippen LogP contribution is 2.32. The smallest absolute Gasteiger partial charge is 0.241 e. The molecule has 0 spiro atoms. The summed E-state index contributed by atoms with van der Waals surface area (Å²) in [6.07, 6.45) is 0. The Labute approximate surface area is 131 Å². The quantitative estimate of drug-likeness (QED) is 0.821. The van der Waals surface area contributed by atoms with Crippen molar-refractivity contribution >= 4 is 21.4 Å². The van der Waals surface area contributed by atoms with E-state index >= 15 is 0 Å². The highest BCUT2D eigenvalue weighted by atomic mass is 32.2. The standard InChI is InChI=1S/C16H22N2O3S/c1-11(2)17-8-16(19)18(13-6-4-12(3)5-7-13)15-10-22(20,21)9-14(15)17/h4-7,11,14-15H,8-10H2,1-3H3. The molecule has 2 heterocycles. The minimum Gasteiger partial charge on any atom is -0.306 e. The Morgan fingerprint density at radius 1 is 1.09 bits per heavy atom. The summed E-state index contributed by atoms with van der Waals surface area (Å²) in [5.74, 6) is 0.183. The fourth-order valence-corrected chi connectivity index (χ4v) is 5.48. The number of hydrogen-bond donors (Lipinski definition) is 0. The topological polar surface area (TPSA) is 57.7 Å². The van der Waals surface area contributed by atoms with E-state index in [1.807, 2.05) is 49.9 Å². The molecule has 1 aromatic rings. The highest BCUT2D eigenvalue weighted by Gasteiger charge is 2.50. The number of aryl methyl sites for hydroxylation is 1. The van der Waals surface area contributed by atoms with Crippen LogP contribution in [0.2, 0.25) is 0 Å². The average Bonchev–Trinajstić information content (AvgIpc) is 2.74. The summed E-state index contributed by atoms with van der Waals surface area (Å²) in [6, 6.07) is 7.48. The molecule has 0 N–H and O–H groups in total. The van der Waals surface area contributed by atoms with Crippen molar-refractivity contribution in [2.75, 3.05) is 23.0 Å². The van der Waals surface area contributed by atoms with Gasteiger partial charge in [0.15, 0.2) is 9.84 Å². The number of fused-ring (bicyclic) bond motifs is 1. The molecule has 2 unspecified atom stereocenters. The molecule has 0 radical (unpaired) electrons. The average molecular weight is 322 g/mol. The van der Waals surface area contributed by atoms with Crippen molar-refractivity contribution in [3.05, 3.63) is 29.8 Å². The first-order chi connectivity index (χ1) is 10.3. The fourth-order valence-electron chi connectivity index (χ4n) is 3.51. The van der Waals surface area contributed by atoms with Gasteiger partial charge in [-0.05, 0) is 32.9 Å². The number of anilines is 1. The zero-order valence-corrected chi connectivity index (χ0v) is 14.0. The second kappa shape index (κ2) is 5.35. The largest absolute Gasteiger partial charge is 0.306 e. The zero-order valence-electron chi connectivity index (χ0n) is 13.2. The molecule has 0 aliphatic carbocycles. The minimum atomic E-state index is -3.10. The lowest BCUT2D eigenvalue weighted by Crippen LogP contribution is -2.63. The van der Waals surface area contributed by atoms with Crippen LogP contribution < -0.4 is 4.90 Å². The van der Waals surface area contributed by atoms with Gasteiger partial charge < -0.3 is 4.90 Å². The van der Waals surface area contributed by atoms with Gasteiger partial charge in [0.2, 0.25) is 5.91 Å². The van der Waals surface area contributed by atoms with Crippen LogP contribution in [0, 0.1) is 6.92 Å². The second-order valence-corrected chi connectivity index (χ2v) is 8.73. The SMILES string of the molecule is Cc1ccc(N2C(=O)CN(C(C)C)C3CS(=O)(=O)CC32)cc1. The van der Waals surface area contributed by atoms with Crippen LogP contribution in [0.4, 0.5) is 5.69 Å². The summed E-state index contributed by atoms with van der Waals surface area (Å²) in [5, 5.41) is 0. The van der Waals surface area contributed by atoms with Crippen molar-refractivity contribution in [1.82, 2.24) is 4.90 Å². The monoisotopic (exact) mass is 322 g/mol. The Morgan fingerprint density at radius 2 is 1.68 bits per heavy atom. The minimum absolute atomic E-state index is 0.0177. The molecular formula is C16H22N2O3S. The van der Waals surface area contributed by atoms with Crippen molar-refractivity contribution in [2.45, 2.75) is 38.9 Å². The number of sulfone groups is 1. The first-order valence-electron chi connectivity index (χ1n) is 7.63. The van der Waals surface area contributed by atoms with Gasteiger partial charge in [0, 0.05) is 17.8 Å². The van der Waals surface area contributed by atoms with Gasteiger partial charge in [-0.2, -0.15) is 0 Å². The Kier molecular flexibility index (Phi) is 3.77. The van der Waals surface area contributed by atoms with Crippen LogP contribution in [0.1, 0.15) is 19.4 Å². The first kappa shape index (κ1) is 15.5. The lowest BCUT2D eigenvalue weighted by atomic mass is 10.0. The molecule has 22 heavy (non-hydrogen) atoms. The summed E-state index contributed by atoms with van der Waals surface area (Å²) in [5.41, 5.74) is 1.92. The molecule has 1 aromatic carbocycles. The third kappa shape index (κ3) is 2.65. The van der Waals surface area contributed by atoms with Crippen LogP contribution in [0.15, 0.2) is 24.3 Å². The first-order valence-corrected chi connectivity index (χ1v) is 9.45. The molecule has 2 fully saturated rings. The predicted octanol–water partition coefficient (Wildman–Crippen LogP) is 1.22. The fraction of sp³-hybridized carbons (Fsp3) is 0.562. The summed E-state index contributed by atoms with van der Waals surface area (Å²) >= 11 is 0. The van der Waals surface area contributed by atoms with Crippen LogP contribution in [0.5, 0.6) is 0 Å². The van der Waals surface area contributed by atoms with E-state index in [4.69, 9.17) is 0 Å². The second-order valence-electron chi connectivity index (χ2n) is 6.58. The Bertz CT molecular complexity index is 682. The van der Waals surface area contributed by atoms with Crippen molar-refractivity contribution in [1.29, 1.82) is 0 Å². The van der Waals surface area contributed by atoms with Gasteiger partial charge >= 0.3 is 0 Å². The summed E-state index contributed by atoms with van der Waals surface area (Å²) in [6.45, 7) is 6.29. The van der Waals surface area contributed by atoms with Crippen LogP contribution in [0.3, 0.4) is 0 Å². The molecule has 0 saturated carbocycles. The van der Waals surface area contributed by atoms with E-state index in [2.05, 4.69) is 0 Å². The molecule has 120 valence electrons. The number of amides is 1. The molecule has 6 heteroatoms. The van der Waals surface area contributed by atoms with Gasteiger partial charge in [-0.25, -0.2) is 8.42 Å². The molecule has 5 nitrogen and oxygen atoms in total. The lowest BCUT2D eigenvalue weighted by Gasteiger charge is -2.45. The highest BCUT2D eigenvalue weighted by molar-refractivity contribution is 7.91. The van der Waals surface area contributed by atoms with E-state index in [1.165, 1.54) is 0 Å². The molecule has 2 aliphatic heterocycles. The zero-order chi connectivity index (χ0) is 16.1. The van der Waals surface area contributed by atoms with Crippen molar-refractivity contribution in [3.63, 3.8) is 0 Å². The number of nitrogens with zero attached hydrogens (tertiary/aromatic N) is 2. The number of hydrogen-bond acceptors (Lipinski definition) is 4.